The topological polar surface area (TPSA) is 62.2 Å². The Kier molecular flexibility index (Phi) is 9.96. The molecule has 0 spiro atoms. The monoisotopic (exact) mass is 427 g/mol. The molecule has 1 aromatic carbocycles. The van der Waals surface area contributed by atoms with Crippen molar-refractivity contribution in [3.63, 3.8) is 0 Å². The van der Waals surface area contributed by atoms with Crippen molar-refractivity contribution < 1.29 is 4.79 Å². The zero-order chi connectivity index (χ0) is 18.5. The lowest BCUT2D eigenvalue weighted by Gasteiger charge is -2.33. The van der Waals surface area contributed by atoms with Gasteiger partial charge in [-0.1, -0.05) is 24.3 Å². The van der Waals surface area contributed by atoms with Crippen molar-refractivity contribution in [2.24, 2.45) is 7.05 Å². The van der Waals surface area contributed by atoms with Gasteiger partial charge < -0.3 is 10.6 Å². The van der Waals surface area contributed by atoms with Crippen LogP contribution < -0.4 is 10.6 Å². The molecule has 8 heteroatoms. The Morgan fingerprint density at radius 2 is 1.93 bits per heavy atom. The van der Waals surface area contributed by atoms with Crippen LogP contribution in [-0.4, -0.2) is 46.8 Å². The van der Waals surface area contributed by atoms with Crippen LogP contribution in [0.1, 0.15) is 35.6 Å². The van der Waals surface area contributed by atoms with E-state index in [0.717, 1.165) is 38.0 Å². The van der Waals surface area contributed by atoms with E-state index in [-0.39, 0.29) is 42.8 Å². The van der Waals surface area contributed by atoms with Crippen LogP contribution in [0.2, 0.25) is 0 Å². The molecule has 2 aromatic rings. The number of carbonyl (C=O) groups excluding carboxylic acids is 1. The van der Waals surface area contributed by atoms with Crippen LogP contribution in [0.5, 0.6) is 0 Å². The molecule has 2 heterocycles. The molecular weight excluding hydrogens is 397 g/mol. The van der Waals surface area contributed by atoms with E-state index < -0.39 is 0 Å². The van der Waals surface area contributed by atoms with Gasteiger partial charge in [-0.25, -0.2) is 0 Å². The Morgan fingerprint density at radius 3 is 2.50 bits per heavy atom. The Balaban J connectivity index is 0.00000196. The second-order valence-electron chi connectivity index (χ2n) is 7.15. The summed E-state index contributed by atoms with van der Waals surface area (Å²) in [7, 11) is 3.67. The van der Waals surface area contributed by atoms with E-state index >= 15 is 0 Å². The third-order valence-electron chi connectivity index (χ3n) is 5.20. The predicted octanol–water partition coefficient (Wildman–Crippen LogP) is 2.61. The van der Waals surface area contributed by atoms with Gasteiger partial charge in [-0.2, -0.15) is 5.10 Å². The maximum Gasteiger partial charge on any atom is 0.242 e. The molecule has 1 atom stereocenters. The first-order valence-electron chi connectivity index (χ1n) is 9.30. The summed E-state index contributed by atoms with van der Waals surface area (Å²) in [5, 5.41) is 10.5. The molecule has 1 unspecified atom stereocenters. The summed E-state index contributed by atoms with van der Waals surface area (Å²) in [5.74, 6) is 0.0258. The van der Waals surface area contributed by atoms with Gasteiger partial charge in [0.25, 0.3) is 0 Å². The van der Waals surface area contributed by atoms with E-state index in [1.807, 2.05) is 20.3 Å². The molecule has 0 radical (unpaired) electrons. The van der Waals surface area contributed by atoms with Gasteiger partial charge >= 0.3 is 0 Å². The zero-order valence-corrected chi connectivity index (χ0v) is 18.4. The van der Waals surface area contributed by atoms with Gasteiger partial charge in [-0.05, 0) is 37.9 Å². The normalized spacial score (nSPS) is 16.0. The van der Waals surface area contributed by atoms with Gasteiger partial charge in [0, 0.05) is 44.5 Å². The SMILES string of the molecule is CNC(C(=O)NC1CCN(Cc2ccccc2C)CC1)c1cnn(C)c1.Cl.Cl. The average Bonchev–Trinajstić information content (AvgIpc) is 3.05. The molecular formula is C20H31Cl2N5O. The Morgan fingerprint density at radius 1 is 1.25 bits per heavy atom. The zero-order valence-electron chi connectivity index (χ0n) is 16.7. The lowest BCUT2D eigenvalue weighted by molar-refractivity contribution is -0.124. The second-order valence-corrected chi connectivity index (χ2v) is 7.15. The predicted molar refractivity (Wildman–Crippen MR) is 117 cm³/mol. The number of hydrogen-bond donors (Lipinski definition) is 2. The number of aromatic nitrogens is 2. The van der Waals surface area contributed by atoms with Crippen LogP contribution >= 0.6 is 24.8 Å². The van der Waals surface area contributed by atoms with Crippen molar-refractivity contribution in [3.05, 3.63) is 53.3 Å². The summed E-state index contributed by atoms with van der Waals surface area (Å²) in [6, 6.07) is 8.44. The number of hydrogen-bond acceptors (Lipinski definition) is 4. The quantitative estimate of drug-likeness (QED) is 0.743. The molecule has 6 nitrogen and oxygen atoms in total. The largest absolute Gasteiger partial charge is 0.352 e. The average molecular weight is 428 g/mol. The number of carbonyl (C=O) groups is 1. The number of halogens is 2. The Labute approximate surface area is 179 Å². The lowest BCUT2D eigenvalue weighted by Crippen LogP contribution is -2.47. The van der Waals surface area contributed by atoms with Crippen LogP contribution in [0.3, 0.4) is 0 Å². The number of nitrogens with zero attached hydrogens (tertiary/aromatic N) is 3. The second kappa shape index (κ2) is 11.4. The molecule has 3 rings (SSSR count). The maximum absolute atomic E-state index is 12.6. The number of likely N-dealkylation sites (N-methyl/N-ethyl adjacent to an activating group) is 1. The highest BCUT2D eigenvalue weighted by Gasteiger charge is 2.25. The summed E-state index contributed by atoms with van der Waals surface area (Å²) in [6.45, 7) is 5.17. The summed E-state index contributed by atoms with van der Waals surface area (Å²) >= 11 is 0. The van der Waals surface area contributed by atoms with Crippen LogP contribution in [0.25, 0.3) is 0 Å². The molecule has 1 aliphatic rings. The molecule has 0 aliphatic carbocycles. The van der Waals surface area contributed by atoms with Crippen LogP contribution in [-0.2, 0) is 18.4 Å². The van der Waals surface area contributed by atoms with Crippen molar-refractivity contribution in [3.8, 4) is 0 Å². The highest BCUT2D eigenvalue weighted by atomic mass is 35.5. The summed E-state index contributed by atoms with van der Waals surface area (Å²) in [4.78, 5) is 15.1. The highest BCUT2D eigenvalue weighted by molar-refractivity contribution is 5.85. The fraction of sp³-hybridized carbons (Fsp3) is 0.500. The summed E-state index contributed by atoms with van der Waals surface area (Å²) in [5.41, 5.74) is 3.63. The number of amides is 1. The molecule has 1 aliphatic heterocycles. The molecule has 1 amide bonds. The first-order chi connectivity index (χ1) is 12.6. The van der Waals surface area contributed by atoms with Crippen LogP contribution in [0.4, 0.5) is 0 Å². The number of piperidine rings is 1. The van der Waals surface area contributed by atoms with E-state index in [1.165, 1.54) is 11.1 Å². The van der Waals surface area contributed by atoms with Crippen molar-refractivity contribution in [2.75, 3.05) is 20.1 Å². The van der Waals surface area contributed by atoms with E-state index in [1.54, 1.807) is 10.9 Å². The molecule has 28 heavy (non-hydrogen) atoms. The molecule has 156 valence electrons. The van der Waals surface area contributed by atoms with Crippen molar-refractivity contribution in [1.82, 2.24) is 25.3 Å². The van der Waals surface area contributed by atoms with Crippen LogP contribution in [0.15, 0.2) is 36.7 Å². The molecule has 1 saturated heterocycles. The highest BCUT2D eigenvalue weighted by Crippen LogP contribution is 2.17. The van der Waals surface area contributed by atoms with Crippen molar-refractivity contribution in [2.45, 2.75) is 38.4 Å². The molecule has 0 bridgehead atoms. The van der Waals surface area contributed by atoms with Crippen molar-refractivity contribution in [1.29, 1.82) is 0 Å². The van der Waals surface area contributed by atoms with E-state index in [0.29, 0.717) is 0 Å². The number of rotatable bonds is 6. The number of benzene rings is 1. The minimum absolute atomic E-state index is 0. The fourth-order valence-corrected chi connectivity index (χ4v) is 3.59. The number of likely N-dealkylation sites (tertiary alicyclic amines) is 1. The standard InChI is InChI=1S/C20H29N5O.2ClH/c1-15-6-4-5-7-16(15)14-25-10-8-18(9-11-25)23-20(26)19(21-2)17-12-22-24(3)13-17;;/h4-7,12-13,18-19,21H,8-11,14H2,1-3H3,(H,23,26);2*1H. The fourth-order valence-electron chi connectivity index (χ4n) is 3.59. The molecule has 2 N–H and O–H groups in total. The third-order valence-corrected chi connectivity index (χ3v) is 5.20. The van der Waals surface area contributed by atoms with E-state index in [2.05, 4.69) is 51.8 Å². The van der Waals surface area contributed by atoms with Gasteiger partial charge in [0.15, 0.2) is 0 Å². The van der Waals surface area contributed by atoms with Crippen molar-refractivity contribution >= 4 is 30.7 Å². The van der Waals surface area contributed by atoms with E-state index in [9.17, 15) is 4.79 Å². The lowest BCUT2D eigenvalue weighted by atomic mass is 10.0. The Bertz CT molecular complexity index is 744. The van der Waals surface area contributed by atoms with Gasteiger partial charge in [-0.3, -0.25) is 14.4 Å². The van der Waals surface area contributed by atoms with Gasteiger partial charge in [-0.15, -0.1) is 24.8 Å². The number of nitrogens with one attached hydrogen (secondary N) is 2. The molecule has 1 aromatic heterocycles. The van der Waals surface area contributed by atoms with E-state index in [4.69, 9.17) is 0 Å². The Hall–Kier alpha value is -1.60. The third kappa shape index (κ3) is 6.21. The first kappa shape index (κ1) is 24.4. The maximum atomic E-state index is 12.6. The van der Waals surface area contributed by atoms with Gasteiger partial charge in [0.05, 0.1) is 6.20 Å². The number of aryl methyl sites for hydroxylation is 2. The first-order valence-corrected chi connectivity index (χ1v) is 9.30. The van der Waals surface area contributed by atoms with Gasteiger partial charge in [0.2, 0.25) is 5.91 Å². The smallest absolute Gasteiger partial charge is 0.242 e. The molecule has 0 saturated carbocycles. The molecule has 1 fully saturated rings. The summed E-state index contributed by atoms with van der Waals surface area (Å²) in [6.07, 6.45) is 5.60. The summed E-state index contributed by atoms with van der Waals surface area (Å²) < 4.78 is 1.72. The minimum atomic E-state index is -0.353. The van der Waals surface area contributed by atoms with Crippen LogP contribution in [0, 0.1) is 6.92 Å². The minimum Gasteiger partial charge on any atom is -0.352 e. The van der Waals surface area contributed by atoms with Gasteiger partial charge in [0.1, 0.15) is 6.04 Å².